The van der Waals surface area contributed by atoms with Gasteiger partial charge in [-0.3, -0.25) is 14.4 Å². The third-order valence-corrected chi connectivity index (χ3v) is 8.59. The van der Waals surface area contributed by atoms with Crippen LogP contribution in [0.4, 0.5) is 15.2 Å². The fraction of sp³-hybridized carbons (Fsp3) is 0.0588. The maximum Gasteiger partial charge on any atom is 0.272 e. The third-order valence-electron chi connectivity index (χ3n) is 6.39. The van der Waals surface area contributed by atoms with Crippen molar-refractivity contribution in [1.82, 2.24) is 10.3 Å². The zero-order valence-corrected chi connectivity index (χ0v) is 26.2. The molecular weight excluding hydrogens is 631 g/mol. The van der Waals surface area contributed by atoms with Gasteiger partial charge in [0, 0.05) is 32.1 Å². The number of rotatable bonds is 10. The molecule has 0 aliphatic carbocycles. The maximum absolute atomic E-state index is 13.4. The van der Waals surface area contributed by atoms with E-state index in [2.05, 4.69) is 20.9 Å². The van der Waals surface area contributed by atoms with Gasteiger partial charge in [0.2, 0.25) is 5.91 Å². The lowest BCUT2D eigenvalue weighted by Gasteiger charge is -2.13. The molecule has 1 heterocycles. The second-order valence-corrected chi connectivity index (χ2v) is 12.4. The summed E-state index contributed by atoms with van der Waals surface area (Å²) >= 11 is 8.94. The highest BCUT2D eigenvalue weighted by atomic mass is 35.5. The summed E-state index contributed by atoms with van der Waals surface area (Å²) in [6.45, 7) is 1.79. The first-order chi connectivity index (χ1) is 21.7. The second kappa shape index (κ2) is 14.8. The molecule has 45 heavy (non-hydrogen) atoms. The van der Waals surface area contributed by atoms with Crippen LogP contribution in [0.2, 0.25) is 5.02 Å². The Balaban J connectivity index is 1.21. The molecule has 1 atom stereocenters. The number of hydrogen-bond acceptors (Lipinski definition) is 6. The van der Waals surface area contributed by atoms with Crippen molar-refractivity contribution >= 4 is 69.3 Å². The van der Waals surface area contributed by atoms with Gasteiger partial charge in [0.05, 0.1) is 10.9 Å². The molecule has 0 fully saturated rings. The number of halogens is 2. The van der Waals surface area contributed by atoms with Crippen LogP contribution < -0.4 is 16.0 Å². The third kappa shape index (κ3) is 8.66. The topological polar surface area (TPSA) is 100 Å². The van der Waals surface area contributed by atoms with Crippen LogP contribution in [0.25, 0.3) is 17.3 Å². The van der Waals surface area contributed by atoms with Crippen molar-refractivity contribution in [1.29, 1.82) is 0 Å². The van der Waals surface area contributed by atoms with Gasteiger partial charge < -0.3 is 16.0 Å². The number of thioether (sulfide) groups is 1. The first-order valence-electron chi connectivity index (χ1n) is 13.7. The summed E-state index contributed by atoms with van der Waals surface area (Å²) in [5.74, 6) is -1.64. The summed E-state index contributed by atoms with van der Waals surface area (Å²) in [6.07, 6.45) is 1.47. The Bertz CT molecular complexity index is 1850. The Labute approximate surface area is 272 Å². The second-order valence-electron chi connectivity index (χ2n) is 9.68. The SMILES string of the molecule is CC(Sc1ccc(NC(=O)/C(=C/c2ccc(F)cc2)NC(=O)c2ccccc2)cc1)C(=O)Nc1nc(-c2ccccc2Cl)cs1. The van der Waals surface area contributed by atoms with Crippen LogP contribution in [0.15, 0.2) is 119 Å². The Morgan fingerprint density at radius 1 is 0.889 bits per heavy atom. The van der Waals surface area contributed by atoms with Crippen LogP contribution in [0.3, 0.4) is 0 Å². The summed E-state index contributed by atoms with van der Waals surface area (Å²) < 4.78 is 13.4. The van der Waals surface area contributed by atoms with Crippen LogP contribution in [0.1, 0.15) is 22.8 Å². The molecule has 5 aromatic rings. The molecule has 0 aliphatic heterocycles. The predicted molar refractivity (Wildman–Crippen MR) is 180 cm³/mol. The molecule has 3 N–H and O–H groups in total. The van der Waals surface area contributed by atoms with Gasteiger partial charge in [-0.05, 0) is 73.2 Å². The molecule has 0 spiro atoms. The van der Waals surface area contributed by atoms with E-state index in [0.717, 1.165) is 10.5 Å². The molecule has 3 amide bonds. The van der Waals surface area contributed by atoms with Gasteiger partial charge in [-0.15, -0.1) is 23.1 Å². The van der Waals surface area contributed by atoms with Crippen LogP contribution >= 0.6 is 34.7 Å². The van der Waals surface area contributed by atoms with E-state index in [-0.39, 0.29) is 11.6 Å². The molecule has 0 bridgehead atoms. The van der Waals surface area contributed by atoms with Gasteiger partial charge in [-0.1, -0.05) is 60.1 Å². The number of anilines is 2. The van der Waals surface area contributed by atoms with Crippen molar-refractivity contribution in [3.63, 3.8) is 0 Å². The van der Waals surface area contributed by atoms with Crippen LogP contribution in [0, 0.1) is 5.82 Å². The zero-order valence-electron chi connectivity index (χ0n) is 23.8. The molecule has 1 unspecified atom stereocenters. The zero-order chi connectivity index (χ0) is 31.8. The first-order valence-corrected chi connectivity index (χ1v) is 15.8. The fourth-order valence-electron chi connectivity index (χ4n) is 4.07. The minimum atomic E-state index is -0.559. The molecule has 4 aromatic carbocycles. The quantitative estimate of drug-likeness (QED) is 0.104. The van der Waals surface area contributed by atoms with E-state index in [0.29, 0.717) is 32.7 Å². The number of hydrogen-bond donors (Lipinski definition) is 3. The molecule has 11 heteroatoms. The average molecular weight is 657 g/mol. The number of benzene rings is 4. The molecule has 5 rings (SSSR count). The number of thiazole rings is 1. The Morgan fingerprint density at radius 2 is 1.58 bits per heavy atom. The van der Waals surface area contributed by atoms with Crippen molar-refractivity contribution in [2.24, 2.45) is 0 Å². The lowest BCUT2D eigenvalue weighted by atomic mass is 10.1. The number of carbonyl (C=O) groups excluding carboxylic acids is 3. The fourth-order valence-corrected chi connectivity index (χ4v) is 5.89. The molecular formula is C34H26ClFN4O3S2. The van der Waals surface area contributed by atoms with Crippen molar-refractivity contribution < 1.29 is 18.8 Å². The van der Waals surface area contributed by atoms with Crippen molar-refractivity contribution in [3.8, 4) is 11.3 Å². The summed E-state index contributed by atoms with van der Waals surface area (Å²) in [6, 6.07) is 28.4. The van der Waals surface area contributed by atoms with E-state index in [1.165, 1.54) is 53.4 Å². The summed E-state index contributed by atoms with van der Waals surface area (Å²) in [7, 11) is 0. The van der Waals surface area contributed by atoms with Crippen molar-refractivity contribution in [3.05, 3.63) is 136 Å². The highest BCUT2D eigenvalue weighted by molar-refractivity contribution is 8.00. The Kier molecular flexibility index (Phi) is 10.4. The van der Waals surface area contributed by atoms with Gasteiger partial charge in [-0.2, -0.15) is 0 Å². The van der Waals surface area contributed by atoms with E-state index in [9.17, 15) is 18.8 Å². The molecule has 0 aliphatic rings. The Morgan fingerprint density at radius 3 is 2.29 bits per heavy atom. The monoisotopic (exact) mass is 656 g/mol. The minimum Gasteiger partial charge on any atom is -0.321 e. The first kappa shape index (κ1) is 31.6. The lowest BCUT2D eigenvalue weighted by Crippen LogP contribution is -2.30. The smallest absolute Gasteiger partial charge is 0.272 e. The molecule has 0 saturated carbocycles. The molecule has 0 saturated heterocycles. The van der Waals surface area contributed by atoms with Gasteiger partial charge in [0.15, 0.2) is 5.13 Å². The molecule has 1 aromatic heterocycles. The highest BCUT2D eigenvalue weighted by Crippen LogP contribution is 2.31. The average Bonchev–Trinajstić information content (AvgIpc) is 3.51. The van der Waals surface area contributed by atoms with Gasteiger partial charge in [0.25, 0.3) is 11.8 Å². The number of nitrogens with zero attached hydrogens (tertiary/aromatic N) is 1. The van der Waals surface area contributed by atoms with E-state index in [4.69, 9.17) is 11.6 Å². The van der Waals surface area contributed by atoms with Crippen LogP contribution in [0.5, 0.6) is 0 Å². The number of nitrogens with one attached hydrogen (secondary N) is 3. The van der Waals surface area contributed by atoms with Gasteiger partial charge in [0.1, 0.15) is 11.5 Å². The standard InChI is InChI=1S/C34H26ClFN4O3S2/c1-21(31(41)40-34-39-30(20-44-34)27-9-5-6-10-28(27)35)45-26-17-15-25(16-18-26)37-33(43)29(19-22-11-13-24(36)14-12-22)38-32(42)23-7-3-2-4-8-23/h2-21H,1H3,(H,37,43)(H,38,42)(H,39,40,41)/b29-19-. The van der Waals surface area contributed by atoms with Gasteiger partial charge >= 0.3 is 0 Å². The lowest BCUT2D eigenvalue weighted by molar-refractivity contribution is -0.115. The minimum absolute atomic E-state index is 0.0147. The Hall–Kier alpha value is -4.77. The predicted octanol–water partition coefficient (Wildman–Crippen LogP) is 8.13. The van der Waals surface area contributed by atoms with E-state index < -0.39 is 22.9 Å². The highest BCUT2D eigenvalue weighted by Gasteiger charge is 2.18. The summed E-state index contributed by atoms with van der Waals surface area (Å²) in [5.41, 5.74) is 2.86. The van der Waals surface area contributed by atoms with Crippen LogP contribution in [-0.2, 0) is 9.59 Å². The summed E-state index contributed by atoms with van der Waals surface area (Å²) in [4.78, 5) is 44.2. The van der Waals surface area contributed by atoms with E-state index in [1.807, 2.05) is 23.6 Å². The van der Waals surface area contributed by atoms with E-state index in [1.54, 1.807) is 67.6 Å². The number of carbonyl (C=O) groups is 3. The molecule has 226 valence electrons. The number of amides is 3. The van der Waals surface area contributed by atoms with Gasteiger partial charge in [-0.25, -0.2) is 9.37 Å². The summed E-state index contributed by atoms with van der Waals surface area (Å²) in [5, 5.41) is 10.8. The number of aromatic nitrogens is 1. The maximum atomic E-state index is 13.4. The van der Waals surface area contributed by atoms with Crippen molar-refractivity contribution in [2.45, 2.75) is 17.1 Å². The van der Waals surface area contributed by atoms with Crippen molar-refractivity contribution in [2.75, 3.05) is 10.6 Å². The molecule has 0 radical (unpaired) electrons. The van der Waals surface area contributed by atoms with Crippen LogP contribution in [-0.4, -0.2) is 28.0 Å². The largest absolute Gasteiger partial charge is 0.321 e. The molecule has 7 nitrogen and oxygen atoms in total. The normalized spacial score (nSPS) is 11.8. The van der Waals surface area contributed by atoms with E-state index >= 15 is 0 Å².